The molecule has 0 radical (unpaired) electrons. The van der Waals surface area contributed by atoms with Gasteiger partial charge in [-0.3, -0.25) is 14.9 Å². The number of nitro benzene ring substituents is 1. The van der Waals surface area contributed by atoms with E-state index in [9.17, 15) is 19.7 Å². The molecule has 1 amide bonds. The topological polar surface area (TPSA) is 139 Å². The van der Waals surface area contributed by atoms with Crippen LogP contribution in [0.25, 0.3) is 27.8 Å². The fraction of sp³-hybridized carbons (Fsp3) is 0.160. The van der Waals surface area contributed by atoms with E-state index in [2.05, 4.69) is 15.7 Å². The van der Waals surface area contributed by atoms with E-state index in [0.29, 0.717) is 40.0 Å². The molecule has 0 aliphatic carbocycles. The van der Waals surface area contributed by atoms with E-state index in [1.54, 1.807) is 47.1 Å². The Labute approximate surface area is 200 Å². The lowest BCUT2D eigenvalue weighted by atomic mass is 10.0. The predicted octanol–water partition coefficient (Wildman–Crippen LogP) is 3.64. The van der Waals surface area contributed by atoms with E-state index in [1.807, 2.05) is 7.05 Å². The third kappa shape index (κ3) is 5.02. The maximum Gasteiger partial charge on any atom is 0.335 e. The normalized spacial score (nSPS) is 10.9. The van der Waals surface area contributed by atoms with Crippen molar-refractivity contribution >= 4 is 28.5 Å². The number of nitro groups is 1. The van der Waals surface area contributed by atoms with Gasteiger partial charge in [0.15, 0.2) is 0 Å². The summed E-state index contributed by atoms with van der Waals surface area (Å²) in [5.74, 6) is -1.22. The number of carbonyl (C=O) groups excluding carboxylic acids is 1. The third-order valence-corrected chi connectivity index (χ3v) is 5.54. The van der Waals surface area contributed by atoms with Crippen LogP contribution in [0.1, 0.15) is 27.1 Å². The van der Waals surface area contributed by atoms with Crippen molar-refractivity contribution in [3.63, 3.8) is 0 Å². The maximum absolute atomic E-state index is 12.4. The summed E-state index contributed by atoms with van der Waals surface area (Å²) in [5.41, 5.74) is 2.99. The molecule has 0 unspecified atom stereocenters. The van der Waals surface area contributed by atoms with Gasteiger partial charge in [-0.2, -0.15) is 5.10 Å². The van der Waals surface area contributed by atoms with Gasteiger partial charge in [-0.25, -0.2) is 9.48 Å². The molecule has 10 heteroatoms. The summed E-state index contributed by atoms with van der Waals surface area (Å²) in [5, 5.41) is 31.7. The molecule has 0 aliphatic rings. The van der Waals surface area contributed by atoms with Crippen molar-refractivity contribution in [2.24, 2.45) is 0 Å². The quantitative estimate of drug-likeness (QED) is 0.192. The molecule has 3 aromatic carbocycles. The Morgan fingerprint density at radius 3 is 2.31 bits per heavy atom. The summed E-state index contributed by atoms with van der Waals surface area (Å²) >= 11 is 0. The van der Waals surface area contributed by atoms with E-state index in [0.717, 1.165) is 13.0 Å². The smallest absolute Gasteiger partial charge is 0.335 e. The number of nitrogens with zero attached hydrogens (tertiary/aromatic N) is 3. The SMILES string of the molecule is CNCCCNC(=O)c1ccc(-c2nn(-c3ccc(C(=O)O)cc3)c3ccc([N+](=O)[O-])cc23)cc1. The van der Waals surface area contributed by atoms with Crippen LogP contribution in [-0.2, 0) is 0 Å². The van der Waals surface area contributed by atoms with Gasteiger partial charge in [0, 0.05) is 35.2 Å². The number of fused-ring (bicyclic) bond motifs is 1. The van der Waals surface area contributed by atoms with Crippen molar-refractivity contribution in [2.75, 3.05) is 20.1 Å². The van der Waals surface area contributed by atoms with Crippen LogP contribution in [0.2, 0.25) is 0 Å². The fourth-order valence-electron chi connectivity index (χ4n) is 3.72. The first-order valence-corrected chi connectivity index (χ1v) is 10.9. The van der Waals surface area contributed by atoms with E-state index in [-0.39, 0.29) is 17.2 Å². The Balaban J connectivity index is 1.72. The molecule has 1 aromatic heterocycles. The van der Waals surface area contributed by atoms with Gasteiger partial charge in [0.25, 0.3) is 11.6 Å². The Bertz CT molecular complexity index is 1390. The van der Waals surface area contributed by atoms with E-state index < -0.39 is 10.9 Å². The Kier molecular flexibility index (Phi) is 6.83. The molecule has 10 nitrogen and oxygen atoms in total. The molecular formula is C25H23N5O5. The van der Waals surface area contributed by atoms with Crippen molar-refractivity contribution in [1.82, 2.24) is 20.4 Å². The Morgan fingerprint density at radius 2 is 1.69 bits per heavy atom. The van der Waals surface area contributed by atoms with Crippen molar-refractivity contribution in [2.45, 2.75) is 6.42 Å². The van der Waals surface area contributed by atoms with Gasteiger partial charge in [0.1, 0.15) is 5.69 Å². The average Bonchev–Trinajstić information content (AvgIpc) is 3.25. The zero-order valence-corrected chi connectivity index (χ0v) is 18.9. The highest BCUT2D eigenvalue weighted by atomic mass is 16.6. The molecule has 0 fully saturated rings. The van der Waals surface area contributed by atoms with Crippen molar-refractivity contribution in [3.8, 4) is 16.9 Å². The fourth-order valence-corrected chi connectivity index (χ4v) is 3.72. The highest BCUT2D eigenvalue weighted by molar-refractivity contribution is 5.98. The molecular weight excluding hydrogens is 450 g/mol. The number of aromatic nitrogens is 2. The van der Waals surface area contributed by atoms with Crippen LogP contribution >= 0.6 is 0 Å². The summed E-state index contributed by atoms with van der Waals surface area (Å²) in [4.78, 5) is 34.5. The molecule has 35 heavy (non-hydrogen) atoms. The first-order valence-electron chi connectivity index (χ1n) is 10.9. The molecule has 0 spiro atoms. The molecule has 4 aromatic rings. The minimum atomic E-state index is -1.04. The summed E-state index contributed by atoms with van der Waals surface area (Å²) < 4.78 is 1.61. The second-order valence-electron chi connectivity index (χ2n) is 7.86. The number of benzene rings is 3. The number of non-ortho nitro benzene ring substituents is 1. The number of carboxylic acids is 1. The van der Waals surface area contributed by atoms with Crippen LogP contribution in [-0.4, -0.2) is 51.8 Å². The molecule has 0 bridgehead atoms. The number of nitrogens with one attached hydrogen (secondary N) is 2. The number of carboxylic acid groups (broad SMARTS) is 1. The standard InChI is InChI=1S/C25H23N5O5/c1-26-13-2-14-27-24(31)17-5-3-16(4-6-17)23-21-15-20(30(34)35)11-12-22(21)29(28-23)19-9-7-18(8-10-19)25(32)33/h3-12,15,26H,2,13-14H2,1H3,(H,27,31)(H,32,33). The minimum Gasteiger partial charge on any atom is -0.478 e. The number of amides is 1. The zero-order chi connectivity index (χ0) is 24.9. The minimum absolute atomic E-state index is 0.0721. The first-order chi connectivity index (χ1) is 16.9. The predicted molar refractivity (Wildman–Crippen MR) is 131 cm³/mol. The summed E-state index contributed by atoms with van der Waals surface area (Å²) in [6, 6.07) is 17.6. The highest BCUT2D eigenvalue weighted by Gasteiger charge is 2.18. The second-order valence-corrected chi connectivity index (χ2v) is 7.86. The van der Waals surface area contributed by atoms with Crippen LogP contribution in [0.3, 0.4) is 0 Å². The van der Waals surface area contributed by atoms with Crippen LogP contribution in [0, 0.1) is 10.1 Å². The Hall–Kier alpha value is -4.57. The highest BCUT2D eigenvalue weighted by Crippen LogP contribution is 2.32. The lowest BCUT2D eigenvalue weighted by Crippen LogP contribution is -2.26. The maximum atomic E-state index is 12.4. The molecule has 0 atom stereocenters. The summed E-state index contributed by atoms with van der Waals surface area (Å²) in [6.07, 6.45) is 0.815. The summed E-state index contributed by atoms with van der Waals surface area (Å²) in [7, 11) is 1.85. The van der Waals surface area contributed by atoms with Crippen LogP contribution in [0.5, 0.6) is 0 Å². The van der Waals surface area contributed by atoms with Crippen LogP contribution in [0.4, 0.5) is 5.69 Å². The molecule has 0 saturated carbocycles. The largest absolute Gasteiger partial charge is 0.478 e. The van der Waals surface area contributed by atoms with E-state index >= 15 is 0 Å². The van der Waals surface area contributed by atoms with Crippen LogP contribution < -0.4 is 10.6 Å². The monoisotopic (exact) mass is 473 g/mol. The lowest BCUT2D eigenvalue weighted by molar-refractivity contribution is -0.384. The van der Waals surface area contributed by atoms with Crippen molar-refractivity contribution in [1.29, 1.82) is 0 Å². The lowest BCUT2D eigenvalue weighted by Gasteiger charge is -2.06. The molecule has 1 heterocycles. The van der Waals surface area contributed by atoms with Crippen LogP contribution in [0.15, 0.2) is 66.7 Å². The van der Waals surface area contributed by atoms with Gasteiger partial charge in [-0.15, -0.1) is 0 Å². The van der Waals surface area contributed by atoms with Gasteiger partial charge in [0.2, 0.25) is 0 Å². The van der Waals surface area contributed by atoms with Gasteiger partial charge in [0.05, 0.1) is 21.7 Å². The zero-order valence-electron chi connectivity index (χ0n) is 18.9. The van der Waals surface area contributed by atoms with Crippen molar-refractivity contribution in [3.05, 3.63) is 88.0 Å². The molecule has 0 aliphatic heterocycles. The second kappa shape index (κ2) is 10.1. The molecule has 178 valence electrons. The van der Waals surface area contributed by atoms with Gasteiger partial charge in [-0.1, -0.05) is 12.1 Å². The van der Waals surface area contributed by atoms with Gasteiger partial charge >= 0.3 is 5.97 Å². The van der Waals surface area contributed by atoms with E-state index in [1.165, 1.54) is 24.3 Å². The number of aromatic carboxylic acids is 1. The number of carbonyl (C=O) groups is 2. The van der Waals surface area contributed by atoms with Gasteiger partial charge in [-0.05, 0) is 62.5 Å². The molecule has 0 saturated heterocycles. The third-order valence-electron chi connectivity index (χ3n) is 5.54. The molecule has 4 rings (SSSR count). The van der Waals surface area contributed by atoms with E-state index in [4.69, 9.17) is 5.11 Å². The van der Waals surface area contributed by atoms with Crippen molar-refractivity contribution < 1.29 is 19.6 Å². The number of rotatable bonds is 9. The summed E-state index contributed by atoms with van der Waals surface area (Å²) in [6.45, 7) is 1.36. The Morgan fingerprint density at radius 1 is 1.00 bits per heavy atom. The first kappa shape index (κ1) is 23.6. The number of hydrogen-bond donors (Lipinski definition) is 3. The number of hydrogen-bond acceptors (Lipinski definition) is 6. The molecule has 3 N–H and O–H groups in total. The average molecular weight is 473 g/mol. The van der Waals surface area contributed by atoms with Gasteiger partial charge < -0.3 is 15.7 Å².